The fraction of sp³-hybridized carbons (Fsp3) is 0.533. The first-order valence-corrected chi connectivity index (χ1v) is 6.85. The smallest absolute Gasteiger partial charge is 0.222 e. The van der Waals surface area contributed by atoms with Crippen molar-refractivity contribution in [1.82, 2.24) is 4.90 Å². The topological polar surface area (TPSA) is 55.6 Å². The molecule has 1 aromatic rings. The molecule has 0 aromatic heterocycles. The Morgan fingerprint density at radius 1 is 1.40 bits per heavy atom. The average molecular weight is 299 g/mol. The zero-order valence-electron chi connectivity index (χ0n) is 11.9. The Hall–Kier alpha value is -1.26. The fourth-order valence-electron chi connectivity index (χ4n) is 2.41. The summed E-state index contributed by atoms with van der Waals surface area (Å²) < 4.78 is 5.12. The van der Waals surface area contributed by atoms with Crippen molar-refractivity contribution in [3.8, 4) is 5.75 Å². The second kappa shape index (κ2) is 8.12. The van der Waals surface area contributed by atoms with Crippen LogP contribution < -0.4 is 10.5 Å². The van der Waals surface area contributed by atoms with E-state index >= 15 is 0 Å². The number of hydrogen-bond acceptors (Lipinski definition) is 3. The maximum Gasteiger partial charge on any atom is 0.222 e. The highest BCUT2D eigenvalue weighted by Gasteiger charge is 2.22. The summed E-state index contributed by atoms with van der Waals surface area (Å²) in [5.74, 6) is 1.10. The number of ether oxygens (including phenoxy) is 1. The maximum atomic E-state index is 11.9. The molecule has 5 heteroatoms. The van der Waals surface area contributed by atoms with Gasteiger partial charge in [-0.05, 0) is 37.0 Å². The van der Waals surface area contributed by atoms with Gasteiger partial charge in [0.2, 0.25) is 5.91 Å². The van der Waals surface area contributed by atoms with Crippen molar-refractivity contribution < 1.29 is 9.53 Å². The quantitative estimate of drug-likeness (QED) is 0.904. The van der Waals surface area contributed by atoms with Gasteiger partial charge in [-0.15, -0.1) is 12.4 Å². The highest BCUT2D eigenvalue weighted by atomic mass is 35.5. The van der Waals surface area contributed by atoms with Gasteiger partial charge in [-0.3, -0.25) is 4.79 Å². The van der Waals surface area contributed by atoms with E-state index in [1.807, 2.05) is 17.0 Å². The number of nitrogens with zero attached hydrogens (tertiary/aromatic N) is 1. The lowest BCUT2D eigenvalue weighted by Crippen LogP contribution is -2.31. The number of carbonyl (C=O) groups excluding carboxylic acids is 1. The average Bonchev–Trinajstić information content (AvgIpc) is 2.86. The van der Waals surface area contributed by atoms with E-state index in [-0.39, 0.29) is 24.4 Å². The number of carbonyl (C=O) groups is 1. The van der Waals surface area contributed by atoms with Crippen LogP contribution in [0.15, 0.2) is 24.3 Å². The van der Waals surface area contributed by atoms with Gasteiger partial charge in [0, 0.05) is 25.6 Å². The summed E-state index contributed by atoms with van der Waals surface area (Å²) in [6.07, 6.45) is 3.36. The van der Waals surface area contributed by atoms with E-state index in [0.29, 0.717) is 6.42 Å². The Morgan fingerprint density at radius 2 is 2.10 bits per heavy atom. The molecule has 1 atom stereocenters. The molecule has 1 aliphatic rings. The first kappa shape index (κ1) is 16.8. The summed E-state index contributed by atoms with van der Waals surface area (Å²) in [4.78, 5) is 13.8. The minimum absolute atomic E-state index is 0. The van der Waals surface area contributed by atoms with Gasteiger partial charge in [0.1, 0.15) is 5.75 Å². The molecule has 0 aliphatic carbocycles. The summed E-state index contributed by atoms with van der Waals surface area (Å²) in [6, 6.07) is 8.18. The third-order valence-electron chi connectivity index (χ3n) is 3.59. The normalized spacial score (nSPS) is 17.7. The maximum absolute atomic E-state index is 11.9. The molecule has 2 N–H and O–H groups in total. The van der Waals surface area contributed by atoms with Crippen LogP contribution in [-0.2, 0) is 11.2 Å². The Kier molecular flexibility index (Phi) is 6.82. The summed E-state index contributed by atoms with van der Waals surface area (Å²) in [7, 11) is 1.66. The van der Waals surface area contributed by atoms with Crippen LogP contribution in [0, 0.1) is 0 Å². The number of hydrogen-bond donors (Lipinski definition) is 1. The van der Waals surface area contributed by atoms with Crippen LogP contribution in [-0.4, -0.2) is 37.0 Å². The molecule has 0 unspecified atom stereocenters. The first-order chi connectivity index (χ1) is 9.19. The molecule has 1 saturated heterocycles. The van der Waals surface area contributed by atoms with Crippen molar-refractivity contribution in [2.24, 2.45) is 5.73 Å². The standard InChI is InChI=1S/C15H22N2O2.ClH/c1-19-14-7-5-12(6-8-14)3-2-4-15(18)17-10-9-13(16)11-17;/h5-8,13H,2-4,9-11,16H2,1H3;1H/t13-;/m1./s1. The number of benzene rings is 1. The lowest BCUT2D eigenvalue weighted by Gasteiger charge is -2.15. The van der Waals surface area contributed by atoms with E-state index in [1.54, 1.807) is 7.11 Å². The monoisotopic (exact) mass is 298 g/mol. The molecule has 0 spiro atoms. The van der Waals surface area contributed by atoms with Gasteiger partial charge in [-0.2, -0.15) is 0 Å². The summed E-state index contributed by atoms with van der Waals surface area (Å²) in [6.45, 7) is 1.55. The van der Waals surface area contributed by atoms with Crippen LogP contribution in [0.4, 0.5) is 0 Å². The molecule has 1 aromatic carbocycles. The number of aryl methyl sites for hydroxylation is 1. The van der Waals surface area contributed by atoms with Gasteiger partial charge in [0.05, 0.1) is 7.11 Å². The van der Waals surface area contributed by atoms with Crippen LogP contribution in [0.2, 0.25) is 0 Å². The molecule has 0 saturated carbocycles. The third-order valence-corrected chi connectivity index (χ3v) is 3.59. The van der Waals surface area contributed by atoms with Gasteiger partial charge in [-0.25, -0.2) is 0 Å². The number of nitrogens with two attached hydrogens (primary N) is 1. The van der Waals surface area contributed by atoms with Crippen molar-refractivity contribution in [2.45, 2.75) is 31.7 Å². The molecular weight excluding hydrogens is 276 g/mol. The van der Waals surface area contributed by atoms with Gasteiger partial charge in [0.15, 0.2) is 0 Å². The van der Waals surface area contributed by atoms with Crippen molar-refractivity contribution >= 4 is 18.3 Å². The molecule has 112 valence electrons. The molecule has 20 heavy (non-hydrogen) atoms. The number of halogens is 1. The summed E-state index contributed by atoms with van der Waals surface area (Å²) in [5, 5.41) is 0. The van der Waals surface area contributed by atoms with Crippen molar-refractivity contribution in [2.75, 3.05) is 20.2 Å². The largest absolute Gasteiger partial charge is 0.497 e. The second-order valence-corrected chi connectivity index (χ2v) is 5.09. The Labute approximate surface area is 126 Å². The third kappa shape index (κ3) is 4.69. The van der Waals surface area contributed by atoms with E-state index in [0.717, 1.165) is 38.1 Å². The molecular formula is C15H23ClN2O2. The first-order valence-electron chi connectivity index (χ1n) is 6.85. The van der Waals surface area contributed by atoms with E-state index in [9.17, 15) is 4.79 Å². The number of rotatable bonds is 5. The Bertz CT molecular complexity index is 422. The second-order valence-electron chi connectivity index (χ2n) is 5.09. The lowest BCUT2D eigenvalue weighted by molar-refractivity contribution is -0.130. The predicted octanol–water partition coefficient (Wildman–Crippen LogP) is 2.00. The van der Waals surface area contributed by atoms with Crippen molar-refractivity contribution in [3.05, 3.63) is 29.8 Å². The van der Waals surface area contributed by atoms with E-state index < -0.39 is 0 Å². The molecule has 0 radical (unpaired) electrons. The van der Waals surface area contributed by atoms with Crippen LogP contribution in [0.5, 0.6) is 5.75 Å². The van der Waals surface area contributed by atoms with Gasteiger partial charge in [-0.1, -0.05) is 12.1 Å². The zero-order chi connectivity index (χ0) is 13.7. The minimum Gasteiger partial charge on any atom is -0.497 e. The van der Waals surface area contributed by atoms with E-state index in [1.165, 1.54) is 5.56 Å². The van der Waals surface area contributed by atoms with Crippen molar-refractivity contribution in [3.63, 3.8) is 0 Å². The number of likely N-dealkylation sites (tertiary alicyclic amines) is 1. The molecule has 4 nitrogen and oxygen atoms in total. The SMILES string of the molecule is COc1ccc(CCCC(=O)N2CC[C@@H](N)C2)cc1.Cl. The number of methoxy groups -OCH3 is 1. The molecule has 1 heterocycles. The Morgan fingerprint density at radius 3 is 2.65 bits per heavy atom. The number of amides is 1. The van der Waals surface area contributed by atoms with Gasteiger partial charge in [0.25, 0.3) is 0 Å². The predicted molar refractivity (Wildman–Crippen MR) is 82.4 cm³/mol. The fourth-order valence-corrected chi connectivity index (χ4v) is 2.41. The van der Waals surface area contributed by atoms with Crippen LogP contribution in [0.1, 0.15) is 24.8 Å². The molecule has 2 rings (SSSR count). The van der Waals surface area contributed by atoms with E-state index in [4.69, 9.17) is 10.5 Å². The molecule has 1 amide bonds. The lowest BCUT2D eigenvalue weighted by atomic mass is 10.1. The minimum atomic E-state index is 0. The van der Waals surface area contributed by atoms with E-state index in [2.05, 4.69) is 12.1 Å². The van der Waals surface area contributed by atoms with Crippen LogP contribution in [0.25, 0.3) is 0 Å². The molecule has 1 fully saturated rings. The van der Waals surface area contributed by atoms with Gasteiger partial charge < -0.3 is 15.4 Å². The van der Waals surface area contributed by atoms with Crippen LogP contribution in [0.3, 0.4) is 0 Å². The van der Waals surface area contributed by atoms with Gasteiger partial charge >= 0.3 is 0 Å². The summed E-state index contributed by atoms with van der Waals surface area (Å²) in [5.41, 5.74) is 7.05. The highest BCUT2D eigenvalue weighted by Crippen LogP contribution is 2.14. The Balaban J connectivity index is 0.00000200. The van der Waals surface area contributed by atoms with Crippen LogP contribution >= 0.6 is 12.4 Å². The molecule has 0 bridgehead atoms. The van der Waals surface area contributed by atoms with Crippen molar-refractivity contribution in [1.29, 1.82) is 0 Å². The highest BCUT2D eigenvalue weighted by molar-refractivity contribution is 5.85. The summed E-state index contributed by atoms with van der Waals surface area (Å²) >= 11 is 0. The molecule has 1 aliphatic heterocycles. The zero-order valence-corrected chi connectivity index (χ0v) is 12.7.